The molecule has 5 aromatic rings. The van der Waals surface area contributed by atoms with E-state index in [0.29, 0.717) is 0 Å². The van der Waals surface area contributed by atoms with Crippen LogP contribution in [0, 0.1) is 0 Å². The molecule has 0 saturated carbocycles. The zero-order valence-electron chi connectivity index (χ0n) is 18.4. The van der Waals surface area contributed by atoms with Crippen molar-refractivity contribution in [3.8, 4) is 33.9 Å². The van der Waals surface area contributed by atoms with Crippen LogP contribution in [0.1, 0.15) is 11.1 Å². The molecule has 0 spiro atoms. The Labute approximate surface area is 195 Å². The number of aromatic nitrogens is 2. The topological polar surface area (TPSA) is 25.8 Å². The van der Waals surface area contributed by atoms with Crippen LogP contribution in [0.25, 0.3) is 39.5 Å². The highest BCUT2D eigenvalue weighted by Crippen LogP contribution is 2.29. The molecule has 158 valence electrons. The number of allylic oxidation sites excluding steroid dienone is 1. The molecule has 0 aliphatic rings. The third-order valence-corrected chi connectivity index (χ3v) is 5.65. The van der Waals surface area contributed by atoms with Gasteiger partial charge in [-0.3, -0.25) is 0 Å². The van der Waals surface area contributed by atoms with Crippen LogP contribution in [0.4, 0.5) is 0 Å². The Kier molecular flexibility index (Phi) is 5.90. The lowest BCUT2D eigenvalue weighted by atomic mass is 9.97. The van der Waals surface area contributed by atoms with Crippen molar-refractivity contribution < 1.29 is 0 Å². The molecule has 0 saturated heterocycles. The average Bonchev–Trinajstić information content (AvgIpc) is 2.90. The van der Waals surface area contributed by atoms with Gasteiger partial charge in [-0.05, 0) is 35.3 Å². The summed E-state index contributed by atoms with van der Waals surface area (Å²) in [4.78, 5) is 9.83. The van der Waals surface area contributed by atoms with Gasteiger partial charge >= 0.3 is 0 Å². The summed E-state index contributed by atoms with van der Waals surface area (Å²) in [5.74, 6) is 0.723. The predicted molar refractivity (Wildman–Crippen MR) is 138 cm³/mol. The van der Waals surface area contributed by atoms with Crippen molar-refractivity contribution in [2.45, 2.75) is 6.42 Å². The molecule has 0 amide bonds. The fourth-order valence-corrected chi connectivity index (χ4v) is 3.91. The Hall–Kier alpha value is -4.30. The van der Waals surface area contributed by atoms with Gasteiger partial charge in [0.05, 0.1) is 11.4 Å². The van der Waals surface area contributed by atoms with Gasteiger partial charge < -0.3 is 0 Å². The number of rotatable bonds is 6. The van der Waals surface area contributed by atoms with Gasteiger partial charge in [0.15, 0.2) is 5.82 Å². The van der Waals surface area contributed by atoms with Gasteiger partial charge in [0.1, 0.15) is 0 Å². The van der Waals surface area contributed by atoms with Crippen LogP contribution in [-0.2, 0) is 6.42 Å². The van der Waals surface area contributed by atoms with Crippen LogP contribution in [0.3, 0.4) is 0 Å². The zero-order chi connectivity index (χ0) is 22.5. The maximum Gasteiger partial charge on any atom is 0.160 e. The lowest BCUT2D eigenvalue weighted by Crippen LogP contribution is -1.96. The van der Waals surface area contributed by atoms with Crippen LogP contribution < -0.4 is 0 Å². The van der Waals surface area contributed by atoms with Crippen molar-refractivity contribution in [3.05, 3.63) is 139 Å². The quantitative estimate of drug-likeness (QED) is 0.279. The zero-order valence-corrected chi connectivity index (χ0v) is 18.4. The standard InChI is InChI=1S/C31H24N2/c1-23(20-24-12-5-2-6-13-24)27-18-11-19-28(21-27)30-22-29(25-14-7-3-8-15-25)32-31(33-30)26-16-9-4-10-17-26/h2-19,21-22H,1,20H2. The summed E-state index contributed by atoms with van der Waals surface area (Å²) in [5.41, 5.74) is 8.40. The molecule has 1 heterocycles. The first-order valence-corrected chi connectivity index (χ1v) is 11.1. The molecule has 0 radical (unpaired) electrons. The molecule has 1 aromatic heterocycles. The molecule has 0 bridgehead atoms. The van der Waals surface area contributed by atoms with Gasteiger partial charge in [0.2, 0.25) is 0 Å². The third-order valence-electron chi connectivity index (χ3n) is 5.65. The van der Waals surface area contributed by atoms with Crippen LogP contribution in [0.15, 0.2) is 128 Å². The molecule has 0 unspecified atom stereocenters. The van der Waals surface area contributed by atoms with E-state index in [1.54, 1.807) is 0 Å². The van der Waals surface area contributed by atoms with E-state index in [0.717, 1.165) is 51.5 Å². The van der Waals surface area contributed by atoms with Crippen molar-refractivity contribution in [1.82, 2.24) is 9.97 Å². The Morgan fingerprint density at radius 2 is 1.09 bits per heavy atom. The summed E-state index contributed by atoms with van der Waals surface area (Å²) in [6, 6.07) is 41.4. The Bertz CT molecular complexity index is 1320. The van der Waals surface area contributed by atoms with Gasteiger partial charge in [-0.25, -0.2) is 9.97 Å². The second kappa shape index (κ2) is 9.46. The van der Waals surface area contributed by atoms with Crippen LogP contribution >= 0.6 is 0 Å². The second-order valence-corrected chi connectivity index (χ2v) is 8.04. The number of hydrogen-bond donors (Lipinski definition) is 0. The lowest BCUT2D eigenvalue weighted by Gasteiger charge is -2.11. The largest absolute Gasteiger partial charge is 0.228 e. The average molecular weight is 425 g/mol. The molecule has 2 heteroatoms. The van der Waals surface area contributed by atoms with Gasteiger partial charge in [-0.2, -0.15) is 0 Å². The highest BCUT2D eigenvalue weighted by molar-refractivity contribution is 5.75. The maximum absolute atomic E-state index is 4.94. The van der Waals surface area contributed by atoms with E-state index in [-0.39, 0.29) is 0 Å². The molecule has 0 aliphatic heterocycles. The first-order valence-electron chi connectivity index (χ1n) is 11.1. The van der Waals surface area contributed by atoms with Gasteiger partial charge in [0, 0.05) is 16.7 Å². The predicted octanol–water partition coefficient (Wildman–Crippen LogP) is 7.73. The van der Waals surface area contributed by atoms with E-state index in [1.807, 2.05) is 54.6 Å². The second-order valence-electron chi connectivity index (χ2n) is 8.04. The summed E-state index contributed by atoms with van der Waals surface area (Å²) in [6.45, 7) is 4.35. The highest BCUT2D eigenvalue weighted by Gasteiger charge is 2.11. The molecule has 0 N–H and O–H groups in total. The van der Waals surface area contributed by atoms with E-state index in [9.17, 15) is 0 Å². The van der Waals surface area contributed by atoms with E-state index in [2.05, 4.69) is 73.3 Å². The highest BCUT2D eigenvalue weighted by atomic mass is 14.9. The molecule has 33 heavy (non-hydrogen) atoms. The molecule has 4 aromatic carbocycles. The SMILES string of the molecule is C=C(Cc1ccccc1)c1cccc(-c2cc(-c3ccccc3)nc(-c3ccccc3)n2)c1. The van der Waals surface area contributed by atoms with E-state index in [4.69, 9.17) is 9.97 Å². The minimum absolute atomic E-state index is 0.723. The molecule has 0 aliphatic carbocycles. The molecule has 2 nitrogen and oxygen atoms in total. The van der Waals surface area contributed by atoms with Crippen molar-refractivity contribution in [2.75, 3.05) is 0 Å². The third kappa shape index (κ3) is 4.81. The van der Waals surface area contributed by atoms with E-state index < -0.39 is 0 Å². The number of benzene rings is 4. The molecule has 0 fully saturated rings. The molecule has 0 atom stereocenters. The van der Waals surface area contributed by atoms with Crippen LogP contribution in [-0.4, -0.2) is 9.97 Å². The number of nitrogens with zero attached hydrogens (tertiary/aromatic N) is 2. The smallest absolute Gasteiger partial charge is 0.160 e. The van der Waals surface area contributed by atoms with Crippen LogP contribution in [0.5, 0.6) is 0 Å². The first-order chi connectivity index (χ1) is 16.3. The minimum Gasteiger partial charge on any atom is -0.228 e. The Morgan fingerprint density at radius 1 is 0.545 bits per heavy atom. The summed E-state index contributed by atoms with van der Waals surface area (Å²) >= 11 is 0. The van der Waals surface area contributed by atoms with Crippen LogP contribution in [0.2, 0.25) is 0 Å². The van der Waals surface area contributed by atoms with Crippen molar-refractivity contribution in [1.29, 1.82) is 0 Å². The summed E-state index contributed by atoms with van der Waals surface area (Å²) in [6.07, 6.45) is 0.818. The summed E-state index contributed by atoms with van der Waals surface area (Å²) in [7, 11) is 0. The van der Waals surface area contributed by atoms with Crippen molar-refractivity contribution >= 4 is 5.57 Å². The fraction of sp³-hybridized carbons (Fsp3) is 0.0323. The monoisotopic (exact) mass is 424 g/mol. The molecule has 5 rings (SSSR count). The maximum atomic E-state index is 4.94. The Morgan fingerprint density at radius 3 is 1.76 bits per heavy atom. The van der Waals surface area contributed by atoms with E-state index in [1.165, 1.54) is 5.56 Å². The van der Waals surface area contributed by atoms with Gasteiger partial charge in [-0.15, -0.1) is 0 Å². The Balaban J connectivity index is 1.56. The van der Waals surface area contributed by atoms with Gasteiger partial charge in [0.25, 0.3) is 0 Å². The molecular weight excluding hydrogens is 400 g/mol. The number of hydrogen-bond acceptors (Lipinski definition) is 2. The molecular formula is C31H24N2. The van der Waals surface area contributed by atoms with Crippen molar-refractivity contribution in [2.24, 2.45) is 0 Å². The van der Waals surface area contributed by atoms with Crippen molar-refractivity contribution in [3.63, 3.8) is 0 Å². The summed E-state index contributed by atoms with van der Waals surface area (Å²) < 4.78 is 0. The first kappa shape index (κ1) is 20.6. The summed E-state index contributed by atoms with van der Waals surface area (Å²) in [5, 5.41) is 0. The van der Waals surface area contributed by atoms with E-state index >= 15 is 0 Å². The fourth-order valence-electron chi connectivity index (χ4n) is 3.91. The lowest BCUT2D eigenvalue weighted by molar-refractivity contribution is 1.18. The minimum atomic E-state index is 0.723. The van der Waals surface area contributed by atoms with Gasteiger partial charge in [-0.1, -0.05) is 116 Å². The normalized spacial score (nSPS) is 10.7.